The average Bonchev–Trinajstić information content (AvgIpc) is 2.73. The van der Waals surface area contributed by atoms with Crippen molar-refractivity contribution in [3.8, 4) is 0 Å². The Labute approximate surface area is 129 Å². The monoisotopic (exact) mass is 286 g/mol. The molecule has 2 bridgehead atoms. The van der Waals surface area contributed by atoms with Gasteiger partial charge in [0.25, 0.3) is 0 Å². The van der Waals surface area contributed by atoms with E-state index in [4.69, 9.17) is 0 Å². The number of Topliss-reactive ketones (excluding diaryl/α,β-unsaturated/α-hetero) is 1. The van der Waals surface area contributed by atoms with Crippen LogP contribution in [0.5, 0.6) is 0 Å². The highest BCUT2D eigenvalue weighted by atomic mass is 16.1. The smallest absolute Gasteiger partial charge is 0.139 e. The molecule has 6 aliphatic rings. The van der Waals surface area contributed by atoms with E-state index in [1.807, 2.05) is 0 Å². The normalized spacial score (nSPS) is 61.5. The number of hydrogen-bond acceptors (Lipinski definition) is 1. The van der Waals surface area contributed by atoms with Crippen molar-refractivity contribution in [1.82, 2.24) is 0 Å². The molecule has 0 aromatic heterocycles. The highest BCUT2D eigenvalue weighted by Gasteiger charge is 2.67. The van der Waals surface area contributed by atoms with Crippen molar-refractivity contribution in [2.24, 2.45) is 39.9 Å². The largest absolute Gasteiger partial charge is 0.299 e. The minimum absolute atomic E-state index is 0.0683. The number of rotatable bonds is 0. The Morgan fingerprint density at radius 1 is 0.905 bits per heavy atom. The van der Waals surface area contributed by atoms with Gasteiger partial charge >= 0.3 is 0 Å². The van der Waals surface area contributed by atoms with Gasteiger partial charge in [0.05, 0.1) is 0 Å². The van der Waals surface area contributed by atoms with Gasteiger partial charge in [0.15, 0.2) is 0 Å². The second-order valence-corrected chi connectivity index (χ2v) is 9.84. The zero-order chi connectivity index (χ0) is 14.5. The van der Waals surface area contributed by atoms with Crippen LogP contribution in [0.15, 0.2) is 0 Å². The van der Waals surface area contributed by atoms with E-state index in [0.717, 1.165) is 35.5 Å². The quantitative estimate of drug-likeness (QED) is 0.613. The highest BCUT2D eigenvalue weighted by Crippen LogP contribution is 2.75. The minimum atomic E-state index is 0.0683. The van der Waals surface area contributed by atoms with Gasteiger partial charge in [0.2, 0.25) is 0 Å². The third kappa shape index (κ3) is 1.34. The standard InChI is InChI=1S/C20H30O/c1-18-8-7-16-14(15(18)3-4-17(18)21)6-10-20-11-13(12-20)5-9-19(16,20)2/h13-16H,3-12H2,1-2H3/t13?,14-,15-,16-,18-,19+,20?/m0/s1. The first-order chi connectivity index (χ1) is 9.99. The summed E-state index contributed by atoms with van der Waals surface area (Å²) in [6.07, 6.45) is 13.7. The van der Waals surface area contributed by atoms with E-state index in [1.54, 1.807) is 12.8 Å². The molecule has 6 fully saturated rings. The molecule has 116 valence electrons. The highest BCUT2D eigenvalue weighted by molar-refractivity contribution is 5.87. The number of hydrogen-bond donors (Lipinski definition) is 0. The van der Waals surface area contributed by atoms with E-state index in [-0.39, 0.29) is 5.41 Å². The molecular weight excluding hydrogens is 256 g/mol. The van der Waals surface area contributed by atoms with Gasteiger partial charge < -0.3 is 0 Å². The second-order valence-electron chi connectivity index (χ2n) is 9.84. The van der Waals surface area contributed by atoms with Crippen LogP contribution in [0.4, 0.5) is 0 Å². The van der Waals surface area contributed by atoms with Crippen molar-refractivity contribution < 1.29 is 4.79 Å². The lowest BCUT2D eigenvalue weighted by molar-refractivity contribution is -0.218. The molecule has 6 saturated carbocycles. The molecule has 0 unspecified atom stereocenters. The van der Waals surface area contributed by atoms with E-state index >= 15 is 0 Å². The molecule has 0 aromatic carbocycles. The first-order valence-electron chi connectivity index (χ1n) is 9.52. The zero-order valence-corrected chi connectivity index (χ0v) is 13.8. The summed E-state index contributed by atoms with van der Waals surface area (Å²) in [6, 6.07) is 0. The average molecular weight is 286 g/mol. The second kappa shape index (κ2) is 3.77. The summed E-state index contributed by atoms with van der Waals surface area (Å²) in [7, 11) is 0. The van der Waals surface area contributed by atoms with E-state index in [2.05, 4.69) is 13.8 Å². The molecule has 0 radical (unpaired) electrons. The molecule has 1 spiro atoms. The van der Waals surface area contributed by atoms with Crippen molar-refractivity contribution in [2.75, 3.05) is 0 Å². The summed E-state index contributed by atoms with van der Waals surface area (Å²) in [5.74, 6) is 4.23. The third-order valence-corrected chi connectivity index (χ3v) is 9.56. The van der Waals surface area contributed by atoms with Crippen LogP contribution in [-0.4, -0.2) is 5.78 Å². The lowest BCUT2D eigenvalue weighted by Crippen LogP contribution is -2.63. The van der Waals surface area contributed by atoms with E-state index < -0.39 is 0 Å². The van der Waals surface area contributed by atoms with Crippen molar-refractivity contribution in [3.05, 3.63) is 0 Å². The van der Waals surface area contributed by atoms with Gasteiger partial charge in [0.1, 0.15) is 5.78 Å². The van der Waals surface area contributed by atoms with Gasteiger partial charge in [0, 0.05) is 11.8 Å². The van der Waals surface area contributed by atoms with Crippen molar-refractivity contribution in [3.63, 3.8) is 0 Å². The van der Waals surface area contributed by atoms with Gasteiger partial charge in [-0.1, -0.05) is 13.8 Å². The molecule has 0 saturated heterocycles. The van der Waals surface area contributed by atoms with Crippen molar-refractivity contribution in [1.29, 1.82) is 0 Å². The lowest BCUT2D eigenvalue weighted by atomic mass is 9.33. The van der Waals surface area contributed by atoms with E-state index in [1.165, 1.54) is 44.9 Å². The van der Waals surface area contributed by atoms with Crippen LogP contribution < -0.4 is 0 Å². The molecule has 1 heteroatoms. The molecule has 6 rings (SSSR count). The summed E-state index contributed by atoms with van der Waals surface area (Å²) in [4.78, 5) is 12.4. The Kier molecular flexibility index (Phi) is 2.36. The van der Waals surface area contributed by atoms with Gasteiger partial charge in [-0.3, -0.25) is 4.79 Å². The summed E-state index contributed by atoms with van der Waals surface area (Å²) in [5, 5.41) is 0. The van der Waals surface area contributed by atoms with Crippen LogP contribution >= 0.6 is 0 Å². The third-order valence-electron chi connectivity index (χ3n) is 9.56. The Morgan fingerprint density at radius 2 is 1.71 bits per heavy atom. The Balaban J connectivity index is 1.52. The molecule has 0 aliphatic heterocycles. The topological polar surface area (TPSA) is 17.1 Å². The molecule has 0 aromatic rings. The SMILES string of the molecule is C[C@]12CC[C@H]3[C@@H](CCC45CC(CC[C@]34C)C5)[C@@H]1CCC2=O. The van der Waals surface area contributed by atoms with Crippen molar-refractivity contribution in [2.45, 2.75) is 78.1 Å². The Bertz CT molecular complexity index is 502. The molecular formula is C20H30O. The molecule has 0 N–H and O–H groups in total. The molecule has 0 heterocycles. The first kappa shape index (κ1) is 13.1. The molecule has 21 heavy (non-hydrogen) atoms. The zero-order valence-electron chi connectivity index (χ0n) is 13.8. The van der Waals surface area contributed by atoms with Crippen LogP contribution in [0.1, 0.15) is 78.1 Å². The van der Waals surface area contributed by atoms with Gasteiger partial charge in [-0.15, -0.1) is 0 Å². The van der Waals surface area contributed by atoms with Crippen LogP contribution in [0.25, 0.3) is 0 Å². The maximum atomic E-state index is 12.4. The van der Waals surface area contributed by atoms with E-state index in [0.29, 0.717) is 11.2 Å². The molecule has 6 aliphatic carbocycles. The number of fused-ring (bicyclic) bond motifs is 4. The van der Waals surface area contributed by atoms with Gasteiger partial charge in [-0.2, -0.15) is 0 Å². The van der Waals surface area contributed by atoms with Gasteiger partial charge in [-0.05, 0) is 92.3 Å². The Hall–Kier alpha value is -0.330. The fraction of sp³-hybridized carbons (Fsp3) is 0.950. The van der Waals surface area contributed by atoms with Crippen LogP contribution in [0.2, 0.25) is 0 Å². The first-order valence-corrected chi connectivity index (χ1v) is 9.52. The van der Waals surface area contributed by atoms with Crippen LogP contribution in [-0.2, 0) is 4.79 Å². The number of ketones is 1. The maximum Gasteiger partial charge on any atom is 0.139 e. The van der Waals surface area contributed by atoms with Crippen LogP contribution in [0.3, 0.4) is 0 Å². The number of carbonyl (C=O) groups excluding carboxylic acids is 1. The van der Waals surface area contributed by atoms with Crippen LogP contribution in [0, 0.1) is 39.9 Å². The summed E-state index contributed by atoms with van der Waals surface area (Å²) in [5.41, 5.74) is 1.42. The Morgan fingerprint density at radius 3 is 2.52 bits per heavy atom. The number of carbonyl (C=O) groups is 1. The van der Waals surface area contributed by atoms with E-state index in [9.17, 15) is 4.79 Å². The fourth-order valence-electron chi connectivity index (χ4n) is 8.25. The van der Waals surface area contributed by atoms with Gasteiger partial charge in [-0.25, -0.2) is 0 Å². The fourth-order valence-corrected chi connectivity index (χ4v) is 8.25. The molecule has 1 nitrogen and oxygen atoms in total. The summed E-state index contributed by atoms with van der Waals surface area (Å²) < 4.78 is 0. The molecule has 5 atom stereocenters. The predicted molar refractivity (Wildman–Crippen MR) is 83.8 cm³/mol. The maximum absolute atomic E-state index is 12.4. The summed E-state index contributed by atoms with van der Waals surface area (Å²) >= 11 is 0. The van der Waals surface area contributed by atoms with Crippen molar-refractivity contribution >= 4 is 5.78 Å². The minimum Gasteiger partial charge on any atom is -0.299 e. The predicted octanol–water partition coefficient (Wildman–Crippen LogP) is 4.99. The summed E-state index contributed by atoms with van der Waals surface area (Å²) in [6.45, 7) is 4.98. The lowest BCUT2D eigenvalue weighted by Gasteiger charge is -2.71. The molecule has 0 amide bonds.